The minimum absolute atomic E-state index is 0.0149. The second-order valence-corrected chi connectivity index (χ2v) is 6.44. The first kappa shape index (κ1) is 16.0. The van der Waals surface area contributed by atoms with E-state index in [1.54, 1.807) is 0 Å². The van der Waals surface area contributed by atoms with Crippen molar-refractivity contribution in [2.75, 3.05) is 12.4 Å². The largest absolute Gasteiger partial charge is 0.370 e. The van der Waals surface area contributed by atoms with Crippen LogP contribution in [-0.2, 0) is 9.53 Å². The highest BCUT2D eigenvalue weighted by atomic mass is 32.2. The molecule has 1 saturated heterocycles. The molecule has 6 nitrogen and oxygen atoms in total. The standard InChI is InChI=1S/C16H20N4O2S/c1-11(12-6-3-2-4-7-12)17-14(21)10-23-16-18-15(19-20-16)13-8-5-9-22-13/h2-4,6-7,11,13H,5,8-10H2,1H3,(H,17,21)(H,18,19,20)/t11-,13+/m1/s1. The van der Waals surface area contributed by atoms with Crippen LogP contribution >= 0.6 is 11.8 Å². The third-order valence-electron chi connectivity index (χ3n) is 3.73. The molecule has 0 aliphatic carbocycles. The Morgan fingerprint density at radius 2 is 2.30 bits per heavy atom. The van der Waals surface area contributed by atoms with E-state index in [4.69, 9.17) is 4.74 Å². The van der Waals surface area contributed by atoms with Crippen molar-refractivity contribution in [1.82, 2.24) is 20.5 Å². The Hall–Kier alpha value is -1.86. The van der Waals surface area contributed by atoms with Crippen molar-refractivity contribution >= 4 is 17.7 Å². The molecule has 0 saturated carbocycles. The topological polar surface area (TPSA) is 79.9 Å². The number of aromatic amines is 1. The fourth-order valence-corrected chi connectivity index (χ4v) is 3.11. The number of H-pyrrole nitrogens is 1. The molecule has 1 fully saturated rings. The highest BCUT2D eigenvalue weighted by molar-refractivity contribution is 7.99. The van der Waals surface area contributed by atoms with E-state index in [1.165, 1.54) is 11.8 Å². The zero-order valence-corrected chi connectivity index (χ0v) is 13.8. The monoisotopic (exact) mass is 332 g/mol. The summed E-state index contributed by atoms with van der Waals surface area (Å²) in [5.74, 6) is 1.01. The molecule has 2 heterocycles. The Balaban J connectivity index is 1.47. The van der Waals surface area contributed by atoms with E-state index in [0.717, 1.165) is 30.8 Å². The number of hydrogen-bond acceptors (Lipinski definition) is 5. The lowest BCUT2D eigenvalue weighted by atomic mass is 10.1. The summed E-state index contributed by atoms with van der Waals surface area (Å²) in [5.41, 5.74) is 1.09. The third kappa shape index (κ3) is 4.33. The van der Waals surface area contributed by atoms with Crippen molar-refractivity contribution in [2.24, 2.45) is 0 Å². The van der Waals surface area contributed by atoms with Crippen LogP contribution in [0.2, 0.25) is 0 Å². The molecule has 3 rings (SSSR count). The van der Waals surface area contributed by atoms with Crippen molar-refractivity contribution in [2.45, 2.75) is 37.1 Å². The molecule has 7 heteroatoms. The van der Waals surface area contributed by atoms with E-state index in [0.29, 0.717) is 10.9 Å². The normalized spacial score (nSPS) is 18.7. The van der Waals surface area contributed by atoms with Crippen LogP contribution in [0, 0.1) is 0 Å². The summed E-state index contributed by atoms with van der Waals surface area (Å²) in [5, 5.41) is 10.6. The van der Waals surface area contributed by atoms with Gasteiger partial charge in [-0.3, -0.25) is 9.89 Å². The predicted octanol–water partition coefficient (Wildman–Crippen LogP) is 2.63. The highest BCUT2D eigenvalue weighted by Crippen LogP contribution is 2.26. The minimum Gasteiger partial charge on any atom is -0.370 e. The molecule has 1 aliphatic rings. The van der Waals surface area contributed by atoms with Gasteiger partial charge in [0, 0.05) is 6.61 Å². The number of carbonyl (C=O) groups is 1. The van der Waals surface area contributed by atoms with E-state index in [2.05, 4.69) is 20.5 Å². The van der Waals surface area contributed by atoms with Gasteiger partial charge in [0.25, 0.3) is 0 Å². The number of benzene rings is 1. The first-order valence-corrected chi connectivity index (χ1v) is 8.72. The van der Waals surface area contributed by atoms with E-state index in [9.17, 15) is 4.79 Å². The summed E-state index contributed by atoms with van der Waals surface area (Å²) < 4.78 is 5.56. The average molecular weight is 332 g/mol. The first-order valence-electron chi connectivity index (χ1n) is 7.73. The second kappa shape index (κ2) is 7.61. The first-order chi connectivity index (χ1) is 11.2. The number of carbonyl (C=O) groups excluding carboxylic acids is 1. The summed E-state index contributed by atoms with van der Waals surface area (Å²) in [7, 11) is 0. The summed E-state index contributed by atoms with van der Waals surface area (Å²) >= 11 is 1.32. The molecule has 1 aromatic heterocycles. The van der Waals surface area contributed by atoms with Gasteiger partial charge in [0.15, 0.2) is 5.82 Å². The number of aromatic nitrogens is 3. The maximum Gasteiger partial charge on any atom is 0.230 e. The number of amides is 1. The van der Waals surface area contributed by atoms with Crippen LogP contribution in [0.25, 0.3) is 0 Å². The van der Waals surface area contributed by atoms with E-state index in [1.807, 2.05) is 37.3 Å². The molecule has 2 N–H and O–H groups in total. The maximum absolute atomic E-state index is 12.0. The number of ether oxygens (including phenoxy) is 1. The Labute approximate surface area is 139 Å². The van der Waals surface area contributed by atoms with Crippen molar-refractivity contribution in [3.63, 3.8) is 0 Å². The quantitative estimate of drug-likeness (QED) is 0.795. The Morgan fingerprint density at radius 3 is 3.04 bits per heavy atom. The van der Waals surface area contributed by atoms with Gasteiger partial charge < -0.3 is 10.1 Å². The highest BCUT2D eigenvalue weighted by Gasteiger charge is 2.21. The molecule has 0 bridgehead atoms. The van der Waals surface area contributed by atoms with Gasteiger partial charge in [0.05, 0.1) is 11.8 Å². The number of nitrogens with zero attached hydrogens (tertiary/aromatic N) is 2. The summed E-state index contributed by atoms with van der Waals surface area (Å²) in [4.78, 5) is 16.4. The Morgan fingerprint density at radius 1 is 1.48 bits per heavy atom. The summed E-state index contributed by atoms with van der Waals surface area (Å²) in [6.45, 7) is 2.74. The van der Waals surface area contributed by atoms with Crippen LogP contribution in [0.3, 0.4) is 0 Å². The van der Waals surface area contributed by atoms with Crippen molar-refractivity contribution in [1.29, 1.82) is 0 Å². The molecule has 1 aromatic carbocycles. The molecule has 0 radical (unpaired) electrons. The fourth-order valence-electron chi connectivity index (χ4n) is 2.50. The SMILES string of the molecule is C[C@@H](NC(=O)CSc1n[nH]c([C@@H]2CCCO2)n1)c1ccccc1. The van der Waals surface area contributed by atoms with Gasteiger partial charge in [0.2, 0.25) is 11.1 Å². The van der Waals surface area contributed by atoms with Crippen molar-refractivity contribution < 1.29 is 9.53 Å². The molecule has 2 atom stereocenters. The Kier molecular flexibility index (Phi) is 5.30. The van der Waals surface area contributed by atoms with Crippen LogP contribution in [0.4, 0.5) is 0 Å². The van der Waals surface area contributed by atoms with Crippen LogP contribution in [0.15, 0.2) is 35.5 Å². The number of rotatable bonds is 6. The Bertz CT molecular complexity index is 641. The number of nitrogens with one attached hydrogen (secondary N) is 2. The van der Waals surface area contributed by atoms with Gasteiger partial charge in [-0.05, 0) is 25.3 Å². The summed E-state index contributed by atoms with van der Waals surface area (Å²) in [6.07, 6.45) is 2.03. The van der Waals surface area contributed by atoms with Gasteiger partial charge in [-0.2, -0.15) is 0 Å². The number of hydrogen-bond donors (Lipinski definition) is 2. The molecule has 23 heavy (non-hydrogen) atoms. The molecule has 1 amide bonds. The van der Waals surface area contributed by atoms with E-state index < -0.39 is 0 Å². The molecule has 0 unspecified atom stereocenters. The molecular formula is C16H20N4O2S. The molecule has 0 spiro atoms. The molecular weight excluding hydrogens is 312 g/mol. The lowest BCUT2D eigenvalue weighted by Gasteiger charge is -2.13. The van der Waals surface area contributed by atoms with Gasteiger partial charge in [-0.1, -0.05) is 42.1 Å². The third-order valence-corrected chi connectivity index (χ3v) is 4.57. The number of thioether (sulfide) groups is 1. The van der Waals surface area contributed by atoms with Crippen LogP contribution in [0.1, 0.15) is 43.3 Å². The maximum atomic E-state index is 12.0. The predicted molar refractivity (Wildman–Crippen MR) is 88.0 cm³/mol. The smallest absolute Gasteiger partial charge is 0.230 e. The molecule has 2 aromatic rings. The lowest BCUT2D eigenvalue weighted by Crippen LogP contribution is -2.28. The van der Waals surface area contributed by atoms with Crippen molar-refractivity contribution in [3.05, 3.63) is 41.7 Å². The van der Waals surface area contributed by atoms with Gasteiger partial charge in [-0.15, -0.1) is 5.10 Å². The van der Waals surface area contributed by atoms with Crippen LogP contribution in [0.5, 0.6) is 0 Å². The summed E-state index contributed by atoms with van der Waals surface area (Å²) in [6, 6.07) is 9.88. The van der Waals surface area contributed by atoms with Gasteiger partial charge >= 0.3 is 0 Å². The zero-order chi connectivity index (χ0) is 16.1. The van der Waals surface area contributed by atoms with Crippen molar-refractivity contribution in [3.8, 4) is 0 Å². The second-order valence-electron chi connectivity index (χ2n) is 5.49. The average Bonchev–Trinajstić information content (AvgIpc) is 3.25. The fraction of sp³-hybridized carbons (Fsp3) is 0.438. The molecule has 1 aliphatic heterocycles. The van der Waals surface area contributed by atoms with E-state index in [-0.39, 0.29) is 18.1 Å². The van der Waals surface area contributed by atoms with E-state index >= 15 is 0 Å². The molecule has 122 valence electrons. The van der Waals surface area contributed by atoms with Gasteiger partial charge in [0.1, 0.15) is 6.10 Å². The zero-order valence-electron chi connectivity index (χ0n) is 13.0. The van der Waals surface area contributed by atoms with Gasteiger partial charge in [-0.25, -0.2) is 4.98 Å². The minimum atomic E-state index is -0.0326. The van der Waals surface area contributed by atoms with Crippen LogP contribution < -0.4 is 5.32 Å². The lowest BCUT2D eigenvalue weighted by molar-refractivity contribution is -0.119. The van der Waals surface area contributed by atoms with Crippen LogP contribution in [-0.4, -0.2) is 33.4 Å².